The lowest BCUT2D eigenvalue weighted by molar-refractivity contribution is -0.173. The van der Waals surface area contributed by atoms with E-state index < -0.39 is 27.8 Å². The molecule has 0 bridgehead atoms. The van der Waals surface area contributed by atoms with Crippen molar-refractivity contribution in [1.29, 1.82) is 0 Å². The number of sulfonamides is 1. The van der Waals surface area contributed by atoms with Crippen LogP contribution in [0.3, 0.4) is 0 Å². The van der Waals surface area contributed by atoms with Crippen molar-refractivity contribution in [2.45, 2.75) is 24.9 Å². The van der Waals surface area contributed by atoms with Crippen LogP contribution in [0.5, 0.6) is 0 Å². The molecule has 1 saturated heterocycles. The molecule has 1 aliphatic rings. The molecule has 1 amide bonds. The highest BCUT2D eigenvalue weighted by Gasteiger charge is 2.44. The van der Waals surface area contributed by atoms with Crippen LogP contribution in [0.25, 0.3) is 0 Å². The fraction of sp³-hybridized carbons (Fsp3) is 0.350. The Kier molecular flexibility index (Phi) is 7.06. The number of ether oxygens (including phenoxy) is 2. The quantitative estimate of drug-likeness (QED) is 0.645. The first-order valence-electron chi connectivity index (χ1n) is 9.17. The van der Waals surface area contributed by atoms with Crippen LogP contribution >= 0.6 is 23.2 Å². The number of benzene rings is 2. The number of carbonyl (C=O) groups is 1. The maximum atomic E-state index is 13.0. The molecule has 3 rings (SSSR count). The van der Waals surface area contributed by atoms with Crippen molar-refractivity contribution in [2.75, 3.05) is 19.4 Å². The summed E-state index contributed by atoms with van der Waals surface area (Å²) in [5.74, 6) is -1.87. The van der Waals surface area contributed by atoms with Crippen LogP contribution in [-0.4, -0.2) is 39.8 Å². The average molecular weight is 473 g/mol. The zero-order chi connectivity index (χ0) is 21.9. The molecule has 7 nitrogen and oxygen atoms in total. The molecule has 0 spiro atoms. The van der Waals surface area contributed by atoms with E-state index in [0.29, 0.717) is 27.8 Å². The van der Waals surface area contributed by atoms with Crippen molar-refractivity contribution >= 4 is 39.1 Å². The van der Waals surface area contributed by atoms with Crippen molar-refractivity contribution < 1.29 is 22.7 Å². The molecule has 0 radical (unpaired) electrons. The van der Waals surface area contributed by atoms with Gasteiger partial charge >= 0.3 is 0 Å². The first-order valence-corrected chi connectivity index (χ1v) is 11.8. The molecule has 0 saturated carbocycles. The SMILES string of the molecule is CC1COC(CNC(=O)C(NS(C)(=O)=O)c2ccccc2)(c2ccc(Cl)cc2Cl)O1. The molecule has 2 aromatic carbocycles. The molecular weight excluding hydrogens is 451 g/mol. The number of hydrogen-bond acceptors (Lipinski definition) is 5. The zero-order valence-electron chi connectivity index (χ0n) is 16.4. The van der Waals surface area contributed by atoms with E-state index in [-0.39, 0.29) is 12.6 Å². The van der Waals surface area contributed by atoms with Gasteiger partial charge in [0, 0.05) is 10.6 Å². The van der Waals surface area contributed by atoms with Crippen LogP contribution in [-0.2, 0) is 30.1 Å². The first kappa shape index (κ1) is 23.0. The Morgan fingerprint density at radius 1 is 1.23 bits per heavy atom. The van der Waals surface area contributed by atoms with Gasteiger partial charge in [-0.05, 0) is 24.6 Å². The second-order valence-corrected chi connectivity index (χ2v) is 9.69. The Labute approximate surface area is 185 Å². The smallest absolute Gasteiger partial charge is 0.242 e. The highest BCUT2D eigenvalue weighted by atomic mass is 35.5. The minimum absolute atomic E-state index is 0.0771. The van der Waals surface area contributed by atoms with Gasteiger partial charge in [-0.15, -0.1) is 0 Å². The summed E-state index contributed by atoms with van der Waals surface area (Å²) in [6.45, 7) is 2.07. The van der Waals surface area contributed by atoms with Gasteiger partial charge in [0.15, 0.2) is 0 Å². The molecular formula is C20H22Cl2N2O5S. The fourth-order valence-electron chi connectivity index (χ4n) is 3.21. The van der Waals surface area contributed by atoms with Gasteiger partial charge in [-0.3, -0.25) is 4.79 Å². The summed E-state index contributed by atoms with van der Waals surface area (Å²) in [5.41, 5.74) is 1.02. The topological polar surface area (TPSA) is 93.7 Å². The molecule has 1 aliphatic heterocycles. The summed E-state index contributed by atoms with van der Waals surface area (Å²) >= 11 is 12.4. The van der Waals surface area contributed by atoms with Crippen LogP contribution in [0.1, 0.15) is 24.1 Å². The van der Waals surface area contributed by atoms with Gasteiger partial charge in [0.1, 0.15) is 6.04 Å². The summed E-state index contributed by atoms with van der Waals surface area (Å²) in [4.78, 5) is 13.0. The van der Waals surface area contributed by atoms with E-state index in [0.717, 1.165) is 6.26 Å². The highest BCUT2D eigenvalue weighted by molar-refractivity contribution is 7.88. The van der Waals surface area contributed by atoms with Gasteiger partial charge in [0.2, 0.25) is 21.7 Å². The van der Waals surface area contributed by atoms with Crippen LogP contribution in [0.15, 0.2) is 48.5 Å². The first-order chi connectivity index (χ1) is 14.1. The van der Waals surface area contributed by atoms with Gasteiger partial charge in [-0.2, -0.15) is 4.72 Å². The maximum absolute atomic E-state index is 13.0. The molecule has 2 N–H and O–H groups in total. The Morgan fingerprint density at radius 3 is 2.50 bits per heavy atom. The van der Waals surface area contributed by atoms with Crippen molar-refractivity contribution in [1.82, 2.24) is 10.0 Å². The molecule has 3 unspecified atom stereocenters. The maximum Gasteiger partial charge on any atom is 0.242 e. The molecule has 30 heavy (non-hydrogen) atoms. The second kappa shape index (κ2) is 9.21. The summed E-state index contributed by atoms with van der Waals surface area (Å²) in [5, 5.41) is 3.53. The van der Waals surface area contributed by atoms with Gasteiger partial charge < -0.3 is 14.8 Å². The van der Waals surface area contributed by atoms with Crippen molar-refractivity contribution in [2.24, 2.45) is 0 Å². The molecule has 2 aromatic rings. The number of halogens is 2. The van der Waals surface area contributed by atoms with E-state index in [1.54, 1.807) is 48.5 Å². The standard InChI is InChI=1S/C20H22Cl2N2O5S/c1-13-11-28-20(29-13,16-9-8-15(21)10-17(16)22)12-23-19(25)18(24-30(2,26)27)14-6-4-3-5-7-14/h3-10,13,18,24H,11-12H2,1-2H3,(H,23,25). The average Bonchev–Trinajstić information content (AvgIpc) is 3.06. The Hall–Kier alpha value is -1.68. The minimum atomic E-state index is -3.65. The minimum Gasteiger partial charge on any atom is -0.349 e. The predicted octanol–water partition coefficient (Wildman–Crippen LogP) is 2.99. The Morgan fingerprint density at radius 2 is 1.93 bits per heavy atom. The number of carbonyl (C=O) groups excluding carboxylic acids is 1. The van der Waals surface area contributed by atoms with E-state index >= 15 is 0 Å². The van der Waals surface area contributed by atoms with Crippen molar-refractivity contribution in [3.8, 4) is 0 Å². The number of rotatable bonds is 7. The molecule has 0 aliphatic carbocycles. The Balaban J connectivity index is 1.86. The zero-order valence-corrected chi connectivity index (χ0v) is 18.7. The summed E-state index contributed by atoms with van der Waals surface area (Å²) in [7, 11) is -3.65. The van der Waals surface area contributed by atoms with E-state index in [9.17, 15) is 13.2 Å². The number of hydrogen-bond donors (Lipinski definition) is 2. The molecule has 3 atom stereocenters. The second-order valence-electron chi connectivity index (χ2n) is 7.07. The Bertz CT molecular complexity index is 1020. The van der Waals surface area contributed by atoms with Crippen LogP contribution in [0.4, 0.5) is 0 Å². The lowest BCUT2D eigenvalue weighted by atomic mass is 10.0. The third-order valence-corrected chi connectivity index (χ3v) is 5.72. The molecule has 1 heterocycles. The van der Waals surface area contributed by atoms with E-state index in [1.807, 2.05) is 6.92 Å². The third kappa shape index (κ3) is 5.51. The molecule has 1 fully saturated rings. The van der Waals surface area contributed by atoms with Gasteiger partial charge in [0.05, 0.1) is 30.5 Å². The lowest BCUT2D eigenvalue weighted by Crippen LogP contribution is -2.46. The molecule has 0 aromatic heterocycles. The van der Waals surface area contributed by atoms with Crippen molar-refractivity contribution in [3.63, 3.8) is 0 Å². The van der Waals surface area contributed by atoms with Crippen molar-refractivity contribution in [3.05, 3.63) is 69.7 Å². The highest BCUT2D eigenvalue weighted by Crippen LogP contribution is 2.38. The molecule has 10 heteroatoms. The van der Waals surface area contributed by atoms with Gasteiger partial charge in [-0.1, -0.05) is 59.6 Å². The predicted molar refractivity (Wildman–Crippen MR) is 115 cm³/mol. The summed E-state index contributed by atoms with van der Waals surface area (Å²) in [6.07, 6.45) is 0.767. The fourth-order valence-corrected chi connectivity index (χ4v) is 4.43. The summed E-state index contributed by atoms with van der Waals surface area (Å²) in [6, 6.07) is 12.3. The van der Waals surface area contributed by atoms with Gasteiger partial charge in [-0.25, -0.2) is 8.42 Å². The van der Waals surface area contributed by atoms with E-state index in [2.05, 4.69) is 10.0 Å². The van der Waals surface area contributed by atoms with Crippen LogP contribution in [0, 0.1) is 0 Å². The normalized spacial score (nSPS) is 22.6. The summed E-state index contributed by atoms with van der Waals surface area (Å²) < 4.78 is 37.9. The monoisotopic (exact) mass is 472 g/mol. The van der Waals surface area contributed by atoms with E-state index in [4.69, 9.17) is 32.7 Å². The molecule has 162 valence electrons. The van der Waals surface area contributed by atoms with E-state index in [1.165, 1.54) is 0 Å². The number of nitrogens with one attached hydrogen (secondary N) is 2. The largest absolute Gasteiger partial charge is 0.349 e. The van der Waals surface area contributed by atoms with Crippen LogP contribution in [0.2, 0.25) is 10.0 Å². The van der Waals surface area contributed by atoms with Gasteiger partial charge in [0.25, 0.3) is 0 Å². The lowest BCUT2D eigenvalue weighted by Gasteiger charge is -2.30. The third-order valence-electron chi connectivity index (χ3n) is 4.51. The van der Waals surface area contributed by atoms with Crippen LogP contribution < -0.4 is 10.0 Å². The number of amides is 1.